The molecular formula is C17H26N4O2. The van der Waals surface area contributed by atoms with Gasteiger partial charge in [0, 0.05) is 19.6 Å². The van der Waals surface area contributed by atoms with Gasteiger partial charge in [0.25, 0.3) is 0 Å². The fourth-order valence-electron chi connectivity index (χ4n) is 3.70. The van der Waals surface area contributed by atoms with E-state index in [2.05, 4.69) is 19.8 Å². The van der Waals surface area contributed by atoms with E-state index < -0.39 is 5.97 Å². The van der Waals surface area contributed by atoms with Crippen molar-refractivity contribution in [1.29, 1.82) is 0 Å². The molecule has 0 aromatic carbocycles. The van der Waals surface area contributed by atoms with Crippen LogP contribution in [0.25, 0.3) is 0 Å². The summed E-state index contributed by atoms with van der Waals surface area (Å²) in [6.07, 6.45) is 10.8. The molecule has 1 atom stereocenters. The average molecular weight is 318 g/mol. The van der Waals surface area contributed by atoms with Crippen LogP contribution in [0.2, 0.25) is 0 Å². The SMILES string of the molecule is O=C(O)c1cnc(N2CCCC(CN3CCCCCC3)C2)cn1. The van der Waals surface area contributed by atoms with Gasteiger partial charge in [0.1, 0.15) is 5.82 Å². The van der Waals surface area contributed by atoms with Gasteiger partial charge in [0.05, 0.1) is 12.4 Å². The second-order valence-electron chi connectivity index (χ2n) is 6.73. The van der Waals surface area contributed by atoms with E-state index in [1.54, 1.807) is 6.20 Å². The quantitative estimate of drug-likeness (QED) is 0.918. The van der Waals surface area contributed by atoms with Crippen LogP contribution >= 0.6 is 0 Å². The van der Waals surface area contributed by atoms with Crippen LogP contribution in [-0.4, -0.2) is 58.7 Å². The number of hydrogen-bond acceptors (Lipinski definition) is 5. The van der Waals surface area contributed by atoms with E-state index in [0.29, 0.717) is 5.92 Å². The zero-order valence-electron chi connectivity index (χ0n) is 13.7. The summed E-state index contributed by atoms with van der Waals surface area (Å²) in [5, 5.41) is 8.91. The first-order valence-corrected chi connectivity index (χ1v) is 8.75. The monoisotopic (exact) mass is 318 g/mol. The molecule has 2 aliphatic rings. The van der Waals surface area contributed by atoms with Crippen molar-refractivity contribution >= 4 is 11.8 Å². The molecule has 2 fully saturated rings. The van der Waals surface area contributed by atoms with Crippen molar-refractivity contribution in [2.45, 2.75) is 38.5 Å². The third-order valence-electron chi connectivity index (χ3n) is 4.92. The van der Waals surface area contributed by atoms with Gasteiger partial charge in [-0.25, -0.2) is 14.8 Å². The minimum absolute atomic E-state index is 0.00637. The molecule has 0 aliphatic carbocycles. The highest BCUT2D eigenvalue weighted by Crippen LogP contribution is 2.23. The predicted octanol–water partition coefficient (Wildman–Crippen LogP) is 2.27. The Balaban J connectivity index is 1.57. The summed E-state index contributed by atoms with van der Waals surface area (Å²) in [4.78, 5) is 24.0. The number of piperidine rings is 1. The third-order valence-corrected chi connectivity index (χ3v) is 4.92. The van der Waals surface area contributed by atoms with Gasteiger partial charge >= 0.3 is 5.97 Å². The number of carboxylic acids is 1. The van der Waals surface area contributed by atoms with Gasteiger partial charge < -0.3 is 14.9 Å². The highest BCUT2D eigenvalue weighted by Gasteiger charge is 2.23. The highest BCUT2D eigenvalue weighted by molar-refractivity contribution is 5.84. The van der Waals surface area contributed by atoms with E-state index in [1.807, 2.05) is 0 Å². The summed E-state index contributed by atoms with van der Waals surface area (Å²) in [6, 6.07) is 0. The topological polar surface area (TPSA) is 69.6 Å². The van der Waals surface area contributed by atoms with E-state index in [9.17, 15) is 4.79 Å². The maximum absolute atomic E-state index is 10.9. The second kappa shape index (κ2) is 7.73. The lowest BCUT2D eigenvalue weighted by Crippen LogP contribution is -2.41. The highest BCUT2D eigenvalue weighted by atomic mass is 16.4. The maximum atomic E-state index is 10.9. The van der Waals surface area contributed by atoms with Gasteiger partial charge in [0.2, 0.25) is 0 Å². The smallest absolute Gasteiger partial charge is 0.356 e. The summed E-state index contributed by atoms with van der Waals surface area (Å²) in [7, 11) is 0. The maximum Gasteiger partial charge on any atom is 0.356 e. The van der Waals surface area contributed by atoms with Crippen LogP contribution in [-0.2, 0) is 0 Å². The Morgan fingerprint density at radius 1 is 1.09 bits per heavy atom. The van der Waals surface area contributed by atoms with Crippen LogP contribution in [0.15, 0.2) is 12.4 Å². The summed E-state index contributed by atoms with van der Waals surface area (Å²) in [6.45, 7) is 5.64. The average Bonchev–Trinajstić information content (AvgIpc) is 2.84. The molecule has 3 heterocycles. The molecule has 1 aromatic rings. The predicted molar refractivity (Wildman–Crippen MR) is 88.8 cm³/mol. The van der Waals surface area contributed by atoms with E-state index in [4.69, 9.17) is 5.11 Å². The fraction of sp³-hybridized carbons (Fsp3) is 0.706. The largest absolute Gasteiger partial charge is 0.476 e. The fourth-order valence-corrected chi connectivity index (χ4v) is 3.70. The molecule has 1 unspecified atom stereocenters. The summed E-state index contributed by atoms with van der Waals surface area (Å²) in [5.74, 6) is 0.445. The number of carboxylic acid groups (broad SMARTS) is 1. The zero-order chi connectivity index (χ0) is 16.1. The molecule has 126 valence electrons. The molecular weight excluding hydrogens is 292 g/mol. The van der Waals surface area contributed by atoms with Crippen molar-refractivity contribution in [2.24, 2.45) is 5.92 Å². The molecule has 0 saturated carbocycles. The second-order valence-corrected chi connectivity index (χ2v) is 6.73. The Morgan fingerprint density at radius 3 is 2.52 bits per heavy atom. The van der Waals surface area contributed by atoms with Gasteiger partial charge in [-0.3, -0.25) is 0 Å². The number of aromatic carboxylic acids is 1. The summed E-state index contributed by atoms with van der Waals surface area (Å²) < 4.78 is 0. The Labute approximate surface area is 137 Å². The number of anilines is 1. The summed E-state index contributed by atoms with van der Waals surface area (Å²) in [5.41, 5.74) is 0.00637. The molecule has 0 bridgehead atoms. The minimum atomic E-state index is -1.03. The molecule has 23 heavy (non-hydrogen) atoms. The molecule has 6 nitrogen and oxygen atoms in total. The molecule has 2 aliphatic heterocycles. The van der Waals surface area contributed by atoms with Crippen molar-refractivity contribution in [2.75, 3.05) is 37.6 Å². The van der Waals surface area contributed by atoms with Crippen molar-refractivity contribution in [1.82, 2.24) is 14.9 Å². The van der Waals surface area contributed by atoms with Crippen LogP contribution in [0.1, 0.15) is 49.0 Å². The minimum Gasteiger partial charge on any atom is -0.476 e. The first-order chi connectivity index (χ1) is 11.2. The van der Waals surface area contributed by atoms with E-state index >= 15 is 0 Å². The molecule has 0 radical (unpaired) electrons. The van der Waals surface area contributed by atoms with E-state index in [0.717, 1.165) is 18.9 Å². The number of carbonyl (C=O) groups is 1. The van der Waals surface area contributed by atoms with Gasteiger partial charge in [0.15, 0.2) is 5.69 Å². The number of likely N-dealkylation sites (tertiary alicyclic amines) is 1. The van der Waals surface area contributed by atoms with Crippen LogP contribution in [0.4, 0.5) is 5.82 Å². The van der Waals surface area contributed by atoms with Gasteiger partial charge in [-0.05, 0) is 44.7 Å². The lowest BCUT2D eigenvalue weighted by Gasteiger charge is -2.36. The molecule has 0 amide bonds. The normalized spacial score (nSPS) is 23.5. The van der Waals surface area contributed by atoms with Gasteiger partial charge in [-0.1, -0.05) is 12.8 Å². The first-order valence-electron chi connectivity index (χ1n) is 8.75. The molecule has 2 saturated heterocycles. The Kier molecular flexibility index (Phi) is 5.43. The standard InChI is InChI=1S/C17H26N4O2/c22-17(23)15-10-19-16(11-18-15)21-9-5-6-14(13-21)12-20-7-3-1-2-4-8-20/h10-11,14H,1-9,12-13H2,(H,22,23). The molecule has 6 heteroatoms. The Bertz CT molecular complexity index is 512. The first kappa shape index (κ1) is 16.2. The Hall–Kier alpha value is -1.69. The number of rotatable bonds is 4. The Morgan fingerprint density at radius 2 is 1.87 bits per heavy atom. The van der Waals surface area contributed by atoms with Gasteiger partial charge in [-0.15, -0.1) is 0 Å². The molecule has 1 aromatic heterocycles. The van der Waals surface area contributed by atoms with Crippen LogP contribution < -0.4 is 4.90 Å². The van der Waals surface area contributed by atoms with Crippen molar-refractivity contribution < 1.29 is 9.90 Å². The molecule has 1 N–H and O–H groups in total. The van der Waals surface area contributed by atoms with Crippen LogP contribution in [0.5, 0.6) is 0 Å². The van der Waals surface area contributed by atoms with Crippen molar-refractivity contribution in [3.05, 3.63) is 18.1 Å². The van der Waals surface area contributed by atoms with E-state index in [-0.39, 0.29) is 5.69 Å². The van der Waals surface area contributed by atoms with Crippen LogP contribution in [0, 0.1) is 5.92 Å². The molecule has 3 rings (SSSR count). The number of hydrogen-bond donors (Lipinski definition) is 1. The van der Waals surface area contributed by atoms with Gasteiger partial charge in [-0.2, -0.15) is 0 Å². The van der Waals surface area contributed by atoms with E-state index in [1.165, 1.54) is 64.4 Å². The number of aromatic nitrogens is 2. The lowest BCUT2D eigenvalue weighted by atomic mass is 9.97. The number of nitrogens with zero attached hydrogens (tertiary/aromatic N) is 4. The third kappa shape index (κ3) is 4.41. The summed E-state index contributed by atoms with van der Waals surface area (Å²) >= 11 is 0. The van der Waals surface area contributed by atoms with Crippen molar-refractivity contribution in [3.8, 4) is 0 Å². The lowest BCUT2D eigenvalue weighted by molar-refractivity contribution is 0.0690. The van der Waals surface area contributed by atoms with Crippen LogP contribution in [0.3, 0.4) is 0 Å². The molecule has 0 spiro atoms. The zero-order valence-corrected chi connectivity index (χ0v) is 13.7. The van der Waals surface area contributed by atoms with Crippen molar-refractivity contribution in [3.63, 3.8) is 0 Å².